The molecule has 2 rings (SSSR count). The Hall–Kier alpha value is -1.13. The van der Waals surface area contributed by atoms with Gasteiger partial charge in [0.25, 0.3) is 0 Å². The van der Waals surface area contributed by atoms with Gasteiger partial charge in [-0.05, 0) is 56.9 Å². The molecule has 20 heavy (non-hydrogen) atoms. The first-order valence-corrected chi connectivity index (χ1v) is 7.48. The predicted octanol–water partition coefficient (Wildman–Crippen LogP) is 1.96. The molecule has 0 aromatic rings. The van der Waals surface area contributed by atoms with Crippen molar-refractivity contribution >= 4 is 5.97 Å². The number of esters is 1. The summed E-state index contributed by atoms with van der Waals surface area (Å²) in [6, 6.07) is 0. The number of aliphatic hydroxyl groups excluding tert-OH is 2. The standard InChI is InChI=1S/C16H24O4/c1-11-5-3-2-4-6-12-9-13(17)10-14(12)15(18)7-8-16(19)20-11/h4,6-8,11-15,17-18H,2-3,5,9-10H2,1H3/b6-4+,8-7+/t11-,12?,13-,14+,15+/m0/s1. The van der Waals surface area contributed by atoms with Crippen molar-refractivity contribution in [1.29, 1.82) is 0 Å². The second-order valence-corrected chi connectivity index (χ2v) is 5.91. The quantitative estimate of drug-likeness (QED) is 0.526. The summed E-state index contributed by atoms with van der Waals surface area (Å²) in [6.07, 6.45) is 9.87. The molecule has 1 aliphatic heterocycles. The Bertz CT molecular complexity index is 388. The van der Waals surface area contributed by atoms with Gasteiger partial charge in [-0.1, -0.05) is 12.2 Å². The zero-order valence-electron chi connectivity index (χ0n) is 11.9. The lowest BCUT2D eigenvalue weighted by atomic mass is 9.90. The summed E-state index contributed by atoms with van der Waals surface area (Å²) in [6.45, 7) is 1.89. The van der Waals surface area contributed by atoms with Crippen molar-refractivity contribution in [3.63, 3.8) is 0 Å². The largest absolute Gasteiger partial charge is 0.460 e. The fraction of sp³-hybridized carbons (Fsp3) is 0.688. The third-order valence-corrected chi connectivity index (χ3v) is 4.19. The molecule has 0 aromatic carbocycles. The molecule has 0 radical (unpaired) electrons. The van der Waals surface area contributed by atoms with Crippen LogP contribution in [0.15, 0.2) is 24.3 Å². The summed E-state index contributed by atoms with van der Waals surface area (Å²) >= 11 is 0. The van der Waals surface area contributed by atoms with Gasteiger partial charge in [-0.25, -0.2) is 4.79 Å². The Morgan fingerprint density at radius 2 is 2.05 bits per heavy atom. The molecule has 1 aliphatic carbocycles. The van der Waals surface area contributed by atoms with Crippen LogP contribution in [0.2, 0.25) is 0 Å². The molecule has 0 aromatic heterocycles. The third-order valence-electron chi connectivity index (χ3n) is 4.19. The molecule has 1 heterocycles. The van der Waals surface area contributed by atoms with Gasteiger partial charge in [-0.15, -0.1) is 0 Å². The van der Waals surface area contributed by atoms with Crippen molar-refractivity contribution in [3.05, 3.63) is 24.3 Å². The summed E-state index contributed by atoms with van der Waals surface area (Å²) < 4.78 is 5.23. The van der Waals surface area contributed by atoms with Crippen LogP contribution in [0.3, 0.4) is 0 Å². The smallest absolute Gasteiger partial charge is 0.330 e. The van der Waals surface area contributed by atoms with Gasteiger partial charge in [-0.3, -0.25) is 0 Å². The molecule has 0 bridgehead atoms. The van der Waals surface area contributed by atoms with Crippen LogP contribution < -0.4 is 0 Å². The summed E-state index contributed by atoms with van der Waals surface area (Å²) in [4.78, 5) is 11.6. The molecular weight excluding hydrogens is 256 g/mol. The molecule has 112 valence electrons. The van der Waals surface area contributed by atoms with Gasteiger partial charge in [0.2, 0.25) is 0 Å². The maximum absolute atomic E-state index is 11.6. The molecule has 0 spiro atoms. The van der Waals surface area contributed by atoms with Crippen molar-refractivity contribution in [1.82, 2.24) is 0 Å². The molecule has 1 unspecified atom stereocenters. The zero-order valence-corrected chi connectivity index (χ0v) is 11.9. The van der Waals surface area contributed by atoms with E-state index in [4.69, 9.17) is 4.74 Å². The highest BCUT2D eigenvalue weighted by atomic mass is 16.5. The molecule has 2 aliphatic rings. The Morgan fingerprint density at radius 1 is 1.25 bits per heavy atom. The Balaban J connectivity index is 2.11. The fourth-order valence-electron chi connectivity index (χ4n) is 3.10. The molecular formula is C16H24O4. The Labute approximate surface area is 120 Å². The van der Waals surface area contributed by atoms with E-state index in [9.17, 15) is 15.0 Å². The number of cyclic esters (lactones) is 1. The van der Waals surface area contributed by atoms with Crippen molar-refractivity contribution in [2.75, 3.05) is 0 Å². The molecule has 4 heteroatoms. The molecule has 1 fully saturated rings. The summed E-state index contributed by atoms with van der Waals surface area (Å²) in [7, 11) is 0. The summed E-state index contributed by atoms with van der Waals surface area (Å²) in [5.74, 6) is -0.249. The minimum absolute atomic E-state index is 0.0246. The first kappa shape index (κ1) is 15.3. The summed E-state index contributed by atoms with van der Waals surface area (Å²) in [5.41, 5.74) is 0. The molecule has 2 N–H and O–H groups in total. The SMILES string of the molecule is C[C@H]1CCC/C=C/C2C[C@H](O)C[C@H]2[C@H](O)/C=C/C(=O)O1. The van der Waals surface area contributed by atoms with Gasteiger partial charge in [0.15, 0.2) is 0 Å². The van der Waals surface area contributed by atoms with E-state index in [-0.39, 0.29) is 24.0 Å². The van der Waals surface area contributed by atoms with Crippen LogP contribution in [0.4, 0.5) is 0 Å². The van der Waals surface area contributed by atoms with Crippen LogP contribution in [-0.2, 0) is 9.53 Å². The van der Waals surface area contributed by atoms with Gasteiger partial charge < -0.3 is 14.9 Å². The lowest BCUT2D eigenvalue weighted by Gasteiger charge is -2.19. The number of fused-ring (bicyclic) bond motifs is 1. The van der Waals surface area contributed by atoms with E-state index in [1.807, 2.05) is 6.92 Å². The minimum Gasteiger partial charge on any atom is -0.460 e. The average Bonchev–Trinajstić information content (AvgIpc) is 2.76. The number of ether oxygens (including phenoxy) is 1. The van der Waals surface area contributed by atoms with Crippen LogP contribution in [-0.4, -0.2) is 34.5 Å². The number of carbonyl (C=O) groups excluding carboxylic acids is 1. The number of aliphatic hydroxyl groups is 2. The van der Waals surface area contributed by atoms with E-state index in [0.29, 0.717) is 12.8 Å². The molecule has 0 amide bonds. The van der Waals surface area contributed by atoms with E-state index in [1.54, 1.807) is 0 Å². The van der Waals surface area contributed by atoms with E-state index in [0.717, 1.165) is 19.3 Å². The van der Waals surface area contributed by atoms with Gasteiger partial charge in [0, 0.05) is 6.08 Å². The number of allylic oxidation sites excluding steroid dienone is 2. The van der Waals surface area contributed by atoms with Crippen LogP contribution >= 0.6 is 0 Å². The second-order valence-electron chi connectivity index (χ2n) is 5.91. The number of rotatable bonds is 0. The van der Waals surface area contributed by atoms with Gasteiger partial charge in [0.1, 0.15) is 0 Å². The van der Waals surface area contributed by atoms with Crippen molar-refractivity contribution in [2.24, 2.45) is 11.8 Å². The van der Waals surface area contributed by atoms with Crippen molar-refractivity contribution in [2.45, 2.75) is 57.3 Å². The predicted molar refractivity (Wildman–Crippen MR) is 75.9 cm³/mol. The van der Waals surface area contributed by atoms with E-state index in [1.165, 1.54) is 12.2 Å². The van der Waals surface area contributed by atoms with Crippen molar-refractivity contribution < 1.29 is 19.7 Å². The average molecular weight is 280 g/mol. The number of hydrogen-bond donors (Lipinski definition) is 2. The molecule has 0 saturated heterocycles. The highest BCUT2D eigenvalue weighted by molar-refractivity contribution is 5.82. The molecule has 5 atom stereocenters. The monoisotopic (exact) mass is 280 g/mol. The van der Waals surface area contributed by atoms with E-state index < -0.39 is 12.1 Å². The molecule has 4 nitrogen and oxygen atoms in total. The first-order chi connectivity index (χ1) is 9.56. The second kappa shape index (κ2) is 7.04. The van der Waals surface area contributed by atoms with Crippen molar-refractivity contribution in [3.8, 4) is 0 Å². The third kappa shape index (κ3) is 4.18. The van der Waals surface area contributed by atoms with Crippen LogP contribution in [0.5, 0.6) is 0 Å². The van der Waals surface area contributed by atoms with Gasteiger partial charge >= 0.3 is 5.97 Å². The van der Waals surface area contributed by atoms with Gasteiger partial charge in [-0.2, -0.15) is 0 Å². The van der Waals surface area contributed by atoms with Crippen LogP contribution in [0, 0.1) is 11.8 Å². The summed E-state index contributed by atoms with van der Waals surface area (Å²) in [5, 5.41) is 20.0. The topological polar surface area (TPSA) is 66.8 Å². The van der Waals surface area contributed by atoms with Gasteiger partial charge in [0.05, 0.1) is 18.3 Å². The van der Waals surface area contributed by atoms with E-state index >= 15 is 0 Å². The minimum atomic E-state index is -0.717. The number of carbonyl (C=O) groups is 1. The normalized spacial score (nSPS) is 42.5. The first-order valence-electron chi connectivity index (χ1n) is 7.48. The Kier molecular flexibility index (Phi) is 5.38. The molecule has 1 saturated carbocycles. The highest BCUT2D eigenvalue weighted by Crippen LogP contribution is 2.36. The van der Waals surface area contributed by atoms with Crippen LogP contribution in [0.25, 0.3) is 0 Å². The highest BCUT2D eigenvalue weighted by Gasteiger charge is 2.35. The van der Waals surface area contributed by atoms with Crippen LogP contribution in [0.1, 0.15) is 39.0 Å². The fourth-order valence-corrected chi connectivity index (χ4v) is 3.10. The maximum Gasteiger partial charge on any atom is 0.330 e. The Morgan fingerprint density at radius 3 is 2.85 bits per heavy atom. The maximum atomic E-state index is 11.6. The zero-order chi connectivity index (χ0) is 14.5. The van der Waals surface area contributed by atoms with E-state index in [2.05, 4.69) is 12.2 Å². The number of hydrogen-bond acceptors (Lipinski definition) is 4. The lowest BCUT2D eigenvalue weighted by molar-refractivity contribution is -0.142. The lowest BCUT2D eigenvalue weighted by Crippen LogP contribution is -2.21.